The number of carboxylic acid groups (broad SMARTS) is 2. The predicted octanol–water partition coefficient (Wildman–Crippen LogP) is 18.4. The van der Waals surface area contributed by atoms with Gasteiger partial charge in [-0.2, -0.15) is 52.7 Å². The molecule has 6 aromatic heterocycles. The van der Waals surface area contributed by atoms with Crippen LogP contribution in [0.1, 0.15) is 99.6 Å². The summed E-state index contributed by atoms with van der Waals surface area (Å²) in [6, 6.07) is 32.3. The molecule has 0 radical (unpaired) electrons. The van der Waals surface area contributed by atoms with Crippen molar-refractivity contribution in [3.05, 3.63) is 236 Å². The van der Waals surface area contributed by atoms with E-state index in [0.717, 1.165) is 48.6 Å². The molecular weight excluding hydrogens is 1330 g/mol. The summed E-state index contributed by atoms with van der Waals surface area (Å²) >= 11 is 0. The Hall–Kier alpha value is -11.6. The third kappa shape index (κ3) is 12.1. The Bertz CT molecular complexity index is 5160. The number of carboxylic acids is 2. The van der Waals surface area contributed by atoms with Gasteiger partial charge < -0.3 is 30.1 Å². The molecule has 474 valence electrons. The van der Waals surface area contributed by atoms with Crippen LogP contribution in [0, 0.1) is 11.8 Å². The first-order valence-corrected chi connectivity index (χ1v) is 28.6. The topological polar surface area (TPSA) is 186 Å². The number of hydrogen-bond donors (Lipinski definition) is 4. The third-order valence-electron chi connectivity index (χ3n) is 16.0. The summed E-state index contributed by atoms with van der Waals surface area (Å²) in [4.78, 5) is 55.3. The fourth-order valence-corrected chi connectivity index (χ4v) is 11.8. The van der Waals surface area contributed by atoms with E-state index < -0.39 is 104 Å². The molecule has 14 rings (SSSR count). The summed E-state index contributed by atoms with van der Waals surface area (Å²) in [5.74, 6) is 3.46. The van der Waals surface area contributed by atoms with Crippen LogP contribution in [-0.2, 0) is 44.2 Å². The van der Waals surface area contributed by atoms with Gasteiger partial charge in [0, 0.05) is 33.3 Å². The van der Waals surface area contributed by atoms with Crippen molar-refractivity contribution in [1.29, 1.82) is 0 Å². The van der Waals surface area contributed by atoms with Crippen molar-refractivity contribution in [2.75, 3.05) is 0 Å². The van der Waals surface area contributed by atoms with Crippen molar-refractivity contribution < 1.29 is 92.0 Å². The van der Waals surface area contributed by atoms with E-state index in [1.54, 1.807) is 24.3 Å². The standard InChI is InChI=1S/C72H38F12N8O4.Zn/c73-69(74,75)63-51-27-19-43(85-51)59(44-20-28-52(86-44)64(70(76,77)78)56-32-24-48(90-56)61(47-23-31-55(63)89-47)39-11-15-41(16-12-39)67(93)94)37-7-3-35(4-8-37)1-2-36-5-9-38(10-6-36)60-45-21-29-53(87-45)65(71(79,80)81)57-33-25-49(91-57)62(40-13-17-42(18-14-40)68(95)96)50-26-34-58(92-50)66(72(82,83)84)54-30-22-46(60)88-54;/h3-34H,(H6,85,86,87,88,89,90,91,92,93,94,95,96);/q;+2/p-2. The van der Waals surface area contributed by atoms with Gasteiger partial charge in [-0.15, -0.1) is 22.1 Å². The van der Waals surface area contributed by atoms with Crippen LogP contribution in [0.15, 0.2) is 146 Å². The van der Waals surface area contributed by atoms with Gasteiger partial charge in [0.05, 0.1) is 78.8 Å². The molecule has 4 N–H and O–H groups in total. The van der Waals surface area contributed by atoms with Crippen LogP contribution in [0.25, 0.3) is 137 Å². The van der Waals surface area contributed by atoms with Crippen LogP contribution in [0.5, 0.6) is 0 Å². The zero-order valence-corrected chi connectivity index (χ0v) is 52.1. The molecule has 4 aliphatic heterocycles. The van der Waals surface area contributed by atoms with Gasteiger partial charge >= 0.3 is 56.1 Å². The van der Waals surface area contributed by atoms with Crippen molar-refractivity contribution in [2.24, 2.45) is 0 Å². The molecule has 0 saturated heterocycles. The van der Waals surface area contributed by atoms with Crippen LogP contribution < -0.4 is 9.97 Å². The minimum absolute atomic E-state index is 0. The SMILES string of the molecule is O=C(O)c1ccc(-c2c3nc(c(C(F)(F)F)c4ccc([n-]4)c(-c4ccc(C#Cc5ccc(-c6c7nc(c(C(F)(F)F)c8ccc([nH]8)c(-c8ccc(C(=O)O)cc8)c8nc(c(C(F)(F)F)c9ccc6[nH]9)C=C8)C=C7)cc5)cc4)c4nc(c(C(F)(F)F)c5ccc2[n-]5)C=C4)C=C3)cc1.[Zn+2]. The van der Waals surface area contributed by atoms with Crippen molar-refractivity contribution in [3.63, 3.8) is 0 Å². The molecule has 0 spiro atoms. The number of nitrogens with zero attached hydrogens (tertiary/aromatic N) is 6. The van der Waals surface area contributed by atoms with E-state index in [2.05, 4.69) is 51.7 Å². The second-order valence-corrected chi connectivity index (χ2v) is 22.0. The minimum atomic E-state index is -5.06. The number of hydrogen-bond acceptors (Lipinski definition) is 6. The van der Waals surface area contributed by atoms with Crippen molar-refractivity contribution in [3.8, 4) is 56.3 Å². The number of nitrogens with one attached hydrogen (secondary N) is 2. The molecule has 10 aromatic rings. The summed E-state index contributed by atoms with van der Waals surface area (Å²) in [5.41, 5.74) is -7.96. The number of fused-ring (bicyclic) bond motifs is 16. The van der Waals surface area contributed by atoms with E-state index in [1.807, 2.05) is 0 Å². The number of aromatic amines is 2. The first-order chi connectivity index (χ1) is 45.7. The Labute approximate surface area is 550 Å². The number of H-pyrrole nitrogens is 2. The van der Waals surface area contributed by atoms with Crippen molar-refractivity contribution in [2.45, 2.75) is 24.7 Å². The molecule has 0 fully saturated rings. The summed E-state index contributed by atoms with van der Waals surface area (Å²) in [7, 11) is 0. The van der Waals surface area contributed by atoms with Gasteiger partial charge in [0.25, 0.3) is 0 Å². The smallest absolute Gasteiger partial charge is 0.657 e. The first kappa shape index (κ1) is 64.1. The van der Waals surface area contributed by atoms with Crippen molar-refractivity contribution in [1.82, 2.24) is 39.9 Å². The van der Waals surface area contributed by atoms with E-state index in [4.69, 9.17) is 0 Å². The maximum Gasteiger partial charge on any atom is 2.00 e. The Kier molecular flexibility index (Phi) is 15.8. The second kappa shape index (κ2) is 24.0. The third-order valence-corrected chi connectivity index (χ3v) is 16.0. The number of aromatic nitrogens is 8. The molecular formula is C72H36F12N8O4Zn. The van der Waals surface area contributed by atoms with Crippen LogP contribution >= 0.6 is 0 Å². The molecule has 4 aromatic carbocycles. The number of halogens is 12. The number of rotatable bonds is 6. The minimum Gasteiger partial charge on any atom is -0.657 e. The van der Waals surface area contributed by atoms with E-state index in [0.29, 0.717) is 11.1 Å². The van der Waals surface area contributed by atoms with Gasteiger partial charge in [0.15, 0.2) is 0 Å². The fraction of sp³-hybridized carbons (Fsp3) is 0.0556. The van der Waals surface area contributed by atoms with Gasteiger partial charge in [-0.1, -0.05) is 84.6 Å². The van der Waals surface area contributed by atoms with Gasteiger partial charge in [-0.05, 0) is 155 Å². The summed E-state index contributed by atoms with van der Waals surface area (Å²) in [5, 5.41) is 19.1. The molecule has 0 saturated carbocycles. The van der Waals surface area contributed by atoms with E-state index in [9.17, 15) is 19.8 Å². The maximum absolute atomic E-state index is 15.4. The molecule has 10 heterocycles. The van der Waals surface area contributed by atoms with Crippen LogP contribution in [0.2, 0.25) is 0 Å². The molecule has 4 aliphatic rings. The average Bonchev–Trinajstić information content (AvgIpc) is 1.63. The zero-order chi connectivity index (χ0) is 67.3. The Balaban J connectivity index is 0.00000849. The van der Waals surface area contributed by atoms with Crippen LogP contribution in [0.4, 0.5) is 52.7 Å². The summed E-state index contributed by atoms with van der Waals surface area (Å²) in [6.45, 7) is 0. The fourth-order valence-electron chi connectivity index (χ4n) is 11.8. The second-order valence-electron chi connectivity index (χ2n) is 22.0. The normalized spacial score (nSPS) is 12.8. The first-order valence-electron chi connectivity index (χ1n) is 28.6. The monoisotopic (exact) mass is 1370 g/mol. The Morgan fingerprint density at radius 1 is 0.320 bits per heavy atom. The Morgan fingerprint density at radius 3 is 0.887 bits per heavy atom. The van der Waals surface area contributed by atoms with E-state index in [1.165, 1.54) is 121 Å². The molecule has 0 amide bonds. The molecule has 25 heteroatoms. The summed E-state index contributed by atoms with van der Waals surface area (Å²) < 4.78 is 184. The quantitative estimate of drug-likeness (QED) is 0.0709. The molecule has 0 aliphatic carbocycles. The number of aromatic carboxylic acids is 2. The van der Waals surface area contributed by atoms with Crippen LogP contribution in [-0.4, -0.2) is 52.1 Å². The predicted molar refractivity (Wildman–Crippen MR) is 337 cm³/mol. The molecule has 97 heavy (non-hydrogen) atoms. The van der Waals surface area contributed by atoms with Crippen LogP contribution in [0.3, 0.4) is 0 Å². The van der Waals surface area contributed by atoms with Gasteiger partial charge in [-0.25, -0.2) is 29.5 Å². The number of carbonyl (C=O) groups is 2. The van der Waals surface area contributed by atoms with Gasteiger partial charge in [0.1, 0.15) is 11.1 Å². The Morgan fingerprint density at radius 2 is 0.577 bits per heavy atom. The largest absolute Gasteiger partial charge is 2.00 e. The molecule has 0 unspecified atom stereocenters. The zero-order valence-electron chi connectivity index (χ0n) is 49.1. The average molecular weight is 1370 g/mol. The van der Waals surface area contributed by atoms with Gasteiger partial charge in [-0.3, -0.25) is 0 Å². The van der Waals surface area contributed by atoms with Gasteiger partial charge in [0.2, 0.25) is 0 Å². The number of alkyl halides is 12. The summed E-state index contributed by atoms with van der Waals surface area (Å²) in [6.07, 6.45) is -10.7. The molecule has 12 nitrogen and oxygen atoms in total. The molecule has 0 atom stereocenters. The molecule has 16 bridgehead atoms. The van der Waals surface area contributed by atoms with Crippen molar-refractivity contribution >= 4 is 105 Å². The maximum atomic E-state index is 15.4. The van der Waals surface area contributed by atoms with E-state index >= 15 is 52.7 Å². The number of benzene rings is 4. The van der Waals surface area contributed by atoms with E-state index in [-0.39, 0.29) is 120 Å².